The Hall–Kier alpha value is -1.51. The Kier molecular flexibility index (Phi) is 5.24. The van der Waals surface area contributed by atoms with Crippen molar-refractivity contribution < 1.29 is 9.15 Å². The monoisotopic (exact) mass is 365 g/mol. The third kappa shape index (κ3) is 3.54. The van der Waals surface area contributed by atoms with Crippen molar-refractivity contribution in [1.29, 1.82) is 0 Å². The standard InChI is InChI=1S/C15H15N3O2S3/c1-19-10-6-4-9(5-7-10)8-11-16-17-13(20-11)12-14(21-2)18-23-15(12)22-3/h4-7H,8H2,1-3H3. The van der Waals surface area contributed by atoms with Crippen molar-refractivity contribution in [2.45, 2.75) is 15.7 Å². The summed E-state index contributed by atoms with van der Waals surface area (Å²) in [5.41, 5.74) is 2.04. The van der Waals surface area contributed by atoms with E-state index >= 15 is 0 Å². The Bertz CT molecular complexity index is 762. The second-order valence-corrected chi connectivity index (χ2v) is 7.23. The lowest BCUT2D eigenvalue weighted by Gasteiger charge is -2.01. The Labute approximate surface area is 147 Å². The summed E-state index contributed by atoms with van der Waals surface area (Å²) in [7, 11) is 1.65. The lowest BCUT2D eigenvalue weighted by molar-refractivity contribution is 0.414. The minimum absolute atomic E-state index is 0.538. The van der Waals surface area contributed by atoms with Crippen molar-refractivity contribution in [3.8, 4) is 17.2 Å². The van der Waals surface area contributed by atoms with Gasteiger partial charge in [-0.1, -0.05) is 12.1 Å². The number of aromatic nitrogens is 3. The number of hydrogen-bond acceptors (Lipinski definition) is 8. The lowest BCUT2D eigenvalue weighted by atomic mass is 10.1. The lowest BCUT2D eigenvalue weighted by Crippen LogP contribution is -1.89. The Morgan fingerprint density at radius 2 is 1.91 bits per heavy atom. The summed E-state index contributed by atoms with van der Waals surface area (Å²) < 4.78 is 16.5. The first kappa shape index (κ1) is 16.4. The van der Waals surface area contributed by atoms with Gasteiger partial charge in [-0.2, -0.15) is 4.37 Å². The third-order valence-corrected chi connectivity index (χ3v) is 5.94. The van der Waals surface area contributed by atoms with Crippen molar-refractivity contribution >= 4 is 35.1 Å². The van der Waals surface area contributed by atoms with Gasteiger partial charge in [0.2, 0.25) is 5.89 Å². The van der Waals surface area contributed by atoms with E-state index in [-0.39, 0.29) is 0 Å². The van der Waals surface area contributed by atoms with Gasteiger partial charge in [-0.25, -0.2) is 0 Å². The van der Waals surface area contributed by atoms with E-state index in [1.165, 1.54) is 11.5 Å². The first-order valence-corrected chi connectivity index (χ1v) is 10.0. The molecule has 5 nitrogen and oxygen atoms in total. The minimum atomic E-state index is 0.538. The van der Waals surface area contributed by atoms with Crippen LogP contribution in [0.1, 0.15) is 11.5 Å². The van der Waals surface area contributed by atoms with E-state index in [0.29, 0.717) is 18.2 Å². The second kappa shape index (κ2) is 7.37. The van der Waals surface area contributed by atoms with Gasteiger partial charge in [-0.15, -0.1) is 33.7 Å². The van der Waals surface area contributed by atoms with E-state index in [9.17, 15) is 0 Å². The predicted molar refractivity (Wildman–Crippen MR) is 94.8 cm³/mol. The molecule has 3 rings (SSSR count). The maximum absolute atomic E-state index is 5.86. The molecule has 2 heterocycles. The van der Waals surface area contributed by atoms with Crippen LogP contribution in [0, 0.1) is 0 Å². The molecular weight excluding hydrogens is 350 g/mol. The normalized spacial score (nSPS) is 10.9. The Balaban J connectivity index is 1.84. The molecule has 0 bridgehead atoms. The first-order valence-electron chi connectivity index (χ1n) is 6.78. The highest BCUT2D eigenvalue weighted by Gasteiger charge is 2.20. The van der Waals surface area contributed by atoms with E-state index in [1.807, 2.05) is 36.8 Å². The van der Waals surface area contributed by atoms with Crippen LogP contribution in [0.4, 0.5) is 0 Å². The van der Waals surface area contributed by atoms with Crippen LogP contribution in [0.25, 0.3) is 11.5 Å². The fourth-order valence-electron chi connectivity index (χ4n) is 2.06. The van der Waals surface area contributed by atoms with Crippen molar-refractivity contribution in [1.82, 2.24) is 14.6 Å². The summed E-state index contributed by atoms with van der Waals surface area (Å²) in [4.78, 5) is 0. The number of thioether (sulfide) groups is 2. The van der Waals surface area contributed by atoms with Crippen LogP contribution < -0.4 is 4.74 Å². The van der Waals surface area contributed by atoms with Gasteiger partial charge in [0, 0.05) is 0 Å². The Morgan fingerprint density at radius 3 is 2.57 bits per heavy atom. The van der Waals surface area contributed by atoms with Crippen LogP contribution >= 0.6 is 35.1 Å². The number of nitrogens with zero attached hydrogens (tertiary/aromatic N) is 3. The Morgan fingerprint density at radius 1 is 1.13 bits per heavy atom. The molecule has 0 radical (unpaired) electrons. The number of hydrogen-bond donors (Lipinski definition) is 0. The highest BCUT2D eigenvalue weighted by atomic mass is 32.2. The molecule has 0 N–H and O–H groups in total. The molecule has 3 aromatic rings. The molecule has 2 aromatic heterocycles. The molecule has 8 heteroatoms. The average Bonchev–Trinajstić information content (AvgIpc) is 3.21. The quantitative estimate of drug-likeness (QED) is 0.606. The van der Waals surface area contributed by atoms with E-state index < -0.39 is 0 Å². The van der Waals surface area contributed by atoms with Crippen LogP contribution in [-0.4, -0.2) is 34.2 Å². The molecular formula is C15H15N3O2S3. The molecule has 0 atom stereocenters. The molecule has 0 saturated heterocycles. The number of methoxy groups -OCH3 is 1. The third-order valence-electron chi connectivity index (χ3n) is 3.20. The zero-order chi connectivity index (χ0) is 16.2. The highest BCUT2D eigenvalue weighted by Crippen LogP contribution is 2.39. The van der Waals surface area contributed by atoms with Gasteiger partial charge < -0.3 is 9.15 Å². The van der Waals surface area contributed by atoms with Crippen LogP contribution in [-0.2, 0) is 6.42 Å². The summed E-state index contributed by atoms with van der Waals surface area (Å²) in [6.07, 6.45) is 4.62. The van der Waals surface area contributed by atoms with Crippen LogP contribution in [0.3, 0.4) is 0 Å². The zero-order valence-electron chi connectivity index (χ0n) is 12.9. The number of rotatable bonds is 6. The summed E-state index contributed by atoms with van der Waals surface area (Å²) >= 11 is 4.70. The number of benzene rings is 1. The van der Waals surface area contributed by atoms with Gasteiger partial charge >= 0.3 is 0 Å². The van der Waals surface area contributed by atoms with Crippen molar-refractivity contribution in [2.24, 2.45) is 0 Å². The molecule has 0 saturated carbocycles. The van der Waals surface area contributed by atoms with Gasteiger partial charge in [0.15, 0.2) is 0 Å². The topological polar surface area (TPSA) is 61.0 Å². The largest absolute Gasteiger partial charge is 0.497 e. The van der Waals surface area contributed by atoms with Gasteiger partial charge in [0.25, 0.3) is 5.89 Å². The van der Waals surface area contributed by atoms with Crippen molar-refractivity contribution in [3.05, 3.63) is 35.7 Å². The number of ether oxygens (including phenoxy) is 1. The average molecular weight is 366 g/mol. The van der Waals surface area contributed by atoms with E-state index in [1.54, 1.807) is 30.6 Å². The maximum Gasteiger partial charge on any atom is 0.252 e. The summed E-state index contributed by atoms with van der Waals surface area (Å²) in [5, 5.41) is 9.31. The molecule has 0 unspecified atom stereocenters. The van der Waals surface area contributed by atoms with E-state index in [4.69, 9.17) is 9.15 Å². The van der Waals surface area contributed by atoms with Gasteiger partial charge in [0.05, 0.1) is 23.3 Å². The van der Waals surface area contributed by atoms with Crippen LogP contribution in [0.15, 0.2) is 37.9 Å². The van der Waals surface area contributed by atoms with Gasteiger partial charge in [-0.3, -0.25) is 0 Å². The second-order valence-electron chi connectivity index (χ2n) is 4.58. The van der Waals surface area contributed by atoms with Crippen LogP contribution in [0.5, 0.6) is 5.75 Å². The molecule has 0 aliphatic rings. The fourth-order valence-corrected chi connectivity index (χ4v) is 4.33. The van der Waals surface area contributed by atoms with Gasteiger partial charge in [0.1, 0.15) is 10.8 Å². The molecule has 120 valence electrons. The van der Waals surface area contributed by atoms with Crippen LogP contribution in [0.2, 0.25) is 0 Å². The smallest absolute Gasteiger partial charge is 0.252 e. The molecule has 0 aliphatic carbocycles. The molecule has 0 amide bonds. The predicted octanol–water partition coefficient (Wildman–Crippen LogP) is 4.24. The summed E-state index contributed by atoms with van der Waals surface area (Å²) in [6, 6.07) is 7.84. The maximum atomic E-state index is 5.86. The van der Waals surface area contributed by atoms with E-state index in [2.05, 4.69) is 14.6 Å². The summed E-state index contributed by atoms with van der Waals surface area (Å²) in [5.74, 6) is 1.96. The molecule has 0 fully saturated rings. The van der Waals surface area contributed by atoms with Crippen molar-refractivity contribution in [2.75, 3.05) is 19.6 Å². The molecule has 23 heavy (non-hydrogen) atoms. The van der Waals surface area contributed by atoms with Crippen molar-refractivity contribution in [3.63, 3.8) is 0 Å². The molecule has 1 aromatic carbocycles. The highest BCUT2D eigenvalue weighted by molar-refractivity contribution is 8.01. The first-order chi connectivity index (χ1) is 11.2. The minimum Gasteiger partial charge on any atom is -0.497 e. The van der Waals surface area contributed by atoms with Gasteiger partial charge in [-0.05, 0) is 41.7 Å². The zero-order valence-corrected chi connectivity index (χ0v) is 15.3. The summed E-state index contributed by atoms with van der Waals surface area (Å²) in [6.45, 7) is 0. The SMILES string of the molecule is COc1ccc(Cc2nnc(-c3c(SC)nsc3SC)o2)cc1. The molecule has 0 spiro atoms. The van der Waals surface area contributed by atoms with E-state index in [0.717, 1.165) is 26.1 Å². The fraction of sp³-hybridized carbons (Fsp3) is 0.267. The molecule has 0 aliphatic heterocycles.